The zero-order valence-corrected chi connectivity index (χ0v) is 28.3. The molecule has 1 aromatic heterocycles. The molecule has 6 aromatic rings. The summed E-state index contributed by atoms with van der Waals surface area (Å²) in [4.78, 5) is 40.0. The first kappa shape index (κ1) is 32.8. The molecule has 0 saturated carbocycles. The van der Waals surface area contributed by atoms with Crippen LogP contribution in [0, 0.1) is 0 Å². The first-order chi connectivity index (χ1) is 24.5. The van der Waals surface area contributed by atoms with E-state index >= 15 is 0 Å². The maximum Gasteiger partial charge on any atom is 0.290 e. The zero-order valence-electron chi connectivity index (χ0n) is 27.5. The quantitative estimate of drug-likeness (QED) is 0.0558. The number of aromatic nitrogens is 1. The molecule has 0 aliphatic carbocycles. The molecule has 8 heteroatoms. The Morgan fingerprint density at radius 1 is 0.720 bits per heavy atom. The predicted molar refractivity (Wildman–Crippen MR) is 198 cm³/mol. The van der Waals surface area contributed by atoms with Crippen molar-refractivity contribution < 1.29 is 19.2 Å². The number of rotatable bonds is 12. The zero-order chi connectivity index (χ0) is 34.3. The molecule has 1 fully saturated rings. The molecule has 248 valence electrons. The van der Waals surface area contributed by atoms with Crippen molar-refractivity contribution in [1.82, 2.24) is 9.88 Å². The molecule has 1 aliphatic heterocycles. The first-order valence-electron chi connectivity index (χ1n) is 16.5. The van der Waals surface area contributed by atoms with Crippen molar-refractivity contribution in [1.29, 1.82) is 0 Å². The maximum atomic E-state index is 14.4. The SMILES string of the molecule is C/C(=N/OCCOc1ccc(CC2SC(=O)N(C(c3ccccc3)(c3ccccc3)c3ccccc3)C2=O)cc1)c1ccc2ccccc2n1. The van der Waals surface area contributed by atoms with Crippen molar-refractivity contribution in [3.05, 3.63) is 180 Å². The number of hydrogen-bond acceptors (Lipinski definition) is 7. The predicted octanol–water partition coefficient (Wildman–Crippen LogP) is 8.65. The van der Waals surface area contributed by atoms with Gasteiger partial charge in [-0.25, -0.2) is 4.98 Å². The lowest BCUT2D eigenvalue weighted by atomic mass is 9.75. The second kappa shape index (κ2) is 14.8. The number of para-hydroxylation sites is 1. The molecule has 5 aromatic carbocycles. The highest BCUT2D eigenvalue weighted by Gasteiger charge is 2.53. The van der Waals surface area contributed by atoms with Crippen LogP contribution in [0.3, 0.4) is 0 Å². The molecule has 0 bridgehead atoms. The molecule has 1 unspecified atom stereocenters. The van der Waals surface area contributed by atoms with Gasteiger partial charge in [-0.05, 0) is 59.9 Å². The summed E-state index contributed by atoms with van der Waals surface area (Å²) in [5, 5.41) is 4.44. The van der Waals surface area contributed by atoms with E-state index in [1.54, 1.807) is 0 Å². The van der Waals surface area contributed by atoms with Gasteiger partial charge in [-0.15, -0.1) is 0 Å². The van der Waals surface area contributed by atoms with Gasteiger partial charge in [0.25, 0.3) is 5.24 Å². The summed E-state index contributed by atoms with van der Waals surface area (Å²) >= 11 is 1.08. The largest absolute Gasteiger partial charge is 0.490 e. The Balaban J connectivity index is 1.02. The first-order valence-corrected chi connectivity index (χ1v) is 17.4. The molecule has 2 amide bonds. The molecule has 0 radical (unpaired) electrons. The number of imide groups is 1. The number of oxime groups is 1. The van der Waals surface area contributed by atoms with Crippen molar-refractivity contribution in [3.63, 3.8) is 0 Å². The van der Waals surface area contributed by atoms with E-state index in [1.807, 2.05) is 159 Å². The fraction of sp³-hybridized carbons (Fsp3) is 0.143. The minimum atomic E-state index is -1.13. The summed E-state index contributed by atoms with van der Waals surface area (Å²) in [6.45, 7) is 2.44. The van der Waals surface area contributed by atoms with E-state index < -0.39 is 10.8 Å². The van der Waals surface area contributed by atoms with Crippen molar-refractivity contribution in [2.24, 2.45) is 5.16 Å². The third-order valence-electron chi connectivity index (χ3n) is 8.79. The van der Waals surface area contributed by atoms with Crippen LogP contribution in [-0.2, 0) is 21.6 Å². The fourth-order valence-electron chi connectivity index (χ4n) is 6.40. The van der Waals surface area contributed by atoms with Gasteiger partial charge >= 0.3 is 0 Å². The standard InChI is InChI=1S/C42H35N3O4S/c1-30(37-26-23-32-13-11-12-20-38(32)43-37)44-49-28-27-48-36-24-21-31(22-25-36)29-39-40(46)45(41(47)50-39)42(33-14-5-2-6-15-33,34-16-7-3-8-17-34)35-18-9-4-10-19-35/h2-26,39H,27-29H2,1H3/b44-30-. The lowest BCUT2D eigenvalue weighted by molar-refractivity contribution is -0.129. The van der Waals surface area contributed by atoms with Crippen LogP contribution in [0.15, 0.2) is 157 Å². The van der Waals surface area contributed by atoms with E-state index in [0.29, 0.717) is 24.5 Å². The fourth-order valence-corrected chi connectivity index (χ4v) is 7.46. The average molecular weight is 678 g/mol. The van der Waals surface area contributed by atoms with Crippen LogP contribution in [-0.4, -0.2) is 45.2 Å². The molecule has 0 spiro atoms. The second-order valence-corrected chi connectivity index (χ2v) is 13.1. The van der Waals surface area contributed by atoms with Crippen molar-refractivity contribution in [2.45, 2.75) is 24.1 Å². The van der Waals surface area contributed by atoms with Gasteiger partial charge in [0.05, 0.1) is 16.5 Å². The van der Waals surface area contributed by atoms with Gasteiger partial charge in [-0.1, -0.05) is 144 Å². The Morgan fingerprint density at radius 3 is 1.92 bits per heavy atom. The van der Waals surface area contributed by atoms with Gasteiger partial charge < -0.3 is 9.57 Å². The van der Waals surface area contributed by atoms with E-state index in [2.05, 4.69) is 10.1 Å². The summed E-state index contributed by atoms with van der Waals surface area (Å²) in [6, 6.07) is 48.9. The highest BCUT2D eigenvalue weighted by Crippen LogP contribution is 2.47. The minimum Gasteiger partial charge on any atom is -0.490 e. The van der Waals surface area contributed by atoms with Crippen molar-refractivity contribution in [3.8, 4) is 5.75 Å². The van der Waals surface area contributed by atoms with Gasteiger partial charge in [0.15, 0.2) is 6.61 Å². The number of amides is 2. The van der Waals surface area contributed by atoms with Crippen LogP contribution in [0.5, 0.6) is 5.75 Å². The molecule has 2 heterocycles. The van der Waals surface area contributed by atoms with E-state index in [4.69, 9.17) is 9.57 Å². The number of hydrogen-bond donors (Lipinski definition) is 0. The van der Waals surface area contributed by atoms with Crippen LogP contribution < -0.4 is 4.74 Å². The monoisotopic (exact) mass is 677 g/mol. The minimum absolute atomic E-state index is 0.219. The van der Waals surface area contributed by atoms with Crippen LogP contribution in [0.25, 0.3) is 10.9 Å². The molecule has 1 aliphatic rings. The molecule has 1 saturated heterocycles. The smallest absolute Gasteiger partial charge is 0.290 e. The normalized spacial score (nSPS) is 15.0. The van der Waals surface area contributed by atoms with E-state index in [9.17, 15) is 9.59 Å². The average Bonchev–Trinajstić information content (AvgIpc) is 3.45. The molecule has 50 heavy (non-hydrogen) atoms. The lowest BCUT2D eigenvalue weighted by Gasteiger charge is -2.42. The van der Waals surface area contributed by atoms with Crippen LogP contribution in [0.2, 0.25) is 0 Å². The van der Waals surface area contributed by atoms with Gasteiger partial charge in [-0.3, -0.25) is 14.5 Å². The Morgan fingerprint density at radius 2 is 1.30 bits per heavy atom. The Bertz CT molecular complexity index is 2030. The molecular weight excluding hydrogens is 643 g/mol. The molecule has 7 nitrogen and oxygen atoms in total. The van der Waals surface area contributed by atoms with Crippen molar-refractivity contribution in [2.75, 3.05) is 13.2 Å². The number of benzene rings is 5. The summed E-state index contributed by atoms with van der Waals surface area (Å²) in [5.74, 6) is 0.456. The van der Waals surface area contributed by atoms with Crippen LogP contribution in [0.4, 0.5) is 4.79 Å². The molecule has 1 atom stereocenters. The van der Waals surface area contributed by atoms with Crippen LogP contribution >= 0.6 is 11.8 Å². The third kappa shape index (κ3) is 6.62. The second-order valence-electron chi connectivity index (χ2n) is 12.0. The highest BCUT2D eigenvalue weighted by atomic mass is 32.2. The number of fused-ring (bicyclic) bond motifs is 1. The Hall–Kier alpha value is -5.73. The summed E-state index contributed by atoms with van der Waals surface area (Å²) < 4.78 is 5.88. The molecule has 7 rings (SSSR count). The van der Waals surface area contributed by atoms with Gasteiger partial charge in [0.1, 0.15) is 23.6 Å². The highest BCUT2D eigenvalue weighted by molar-refractivity contribution is 8.15. The number of thioether (sulfide) groups is 1. The molecule has 0 N–H and O–H groups in total. The maximum absolute atomic E-state index is 14.4. The van der Waals surface area contributed by atoms with E-state index in [0.717, 1.165) is 50.6 Å². The lowest BCUT2D eigenvalue weighted by Crippen LogP contribution is -2.51. The van der Waals surface area contributed by atoms with Gasteiger partial charge in [-0.2, -0.15) is 0 Å². The topological polar surface area (TPSA) is 81.1 Å². The summed E-state index contributed by atoms with van der Waals surface area (Å²) in [7, 11) is 0. The Kier molecular flexibility index (Phi) is 9.71. The van der Waals surface area contributed by atoms with Crippen molar-refractivity contribution >= 4 is 39.5 Å². The third-order valence-corrected chi connectivity index (χ3v) is 9.83. The van der Waals surface area contributed by atoms with Gasteiger partial charge in [0.2, 0.25) is 5.91 Å². The molecular formula is C42H35N3O4S. The number of carbonyl (C=O) groups excluding carboxylic acids is 2. The summed E-state index contributed by atoms with van der Waals surface area (Å²) in [6.07, 6.45) is 0.403. The number of ether oxygens (including phenoxy) is 1. The van der Waals surface area contributed by atoms with E-state index in [-0.39, 0.29) is 17.8 Å². The van der Waals surface area contributed by atoms with E-state index in [1.165, 1.54) is 4.90 Å². The number of pyridine rings is 1. The van der Waals surface area contributed by atoms with Crippen LogP contribution in [0.1, 0.15) is 34.9 Å². The Labute approximate surface area is 295 Å². The van der Waals surface area contributed by atoms with Gasteiger partial charge in [0, 0.05) is 5.39 Å². The summed E-state index contributed by atoms with van der Waals surface area (Å²) in [5.41, 5.74) is 4.69. The number of nitrogens with zero attached hydrogens (tertiary/aromatic N) is 3. The number of carbonyl (C=O) groups is 2.